The average Bonchev–Trinajstić information content (AvgIpc) is 3.31. The van der Waals surface area contributed by atoms with E-state index in [0.717, 1.165) is 29.1 Å². The van der Waals surface area contributed by atoms with Gasteiger partial charge in [-0.05, 0) is 90.0 Å². The van der Waals surface area contributed by atoms with Crippen molar-refractivity contribution in [3.8, 4) is 0 Å². The largest absolute Gasteiger partial charge is 0.271 e. The van der Waals surface area contributed by atoms with Crippen LogP contribution in [0.25, 0.3) is 6.08 Å². The summed E-state index contributed by atoms with van der Waals surface area (Å²) in [6, 6.07) is 18.4. The standard InChI is InChI=1S/C25H24N2OS2/c1-4-18-6-10-20(11-7-18)26-25-27(21-12-8-19(5-2)9-13-21)24(28)23(30-25)16-22-17(3)14-15-29-22/h6-16H,4-5H2,1-3H3. The van der Waals surface area contributed by atoms with Crippen molar-refractivity contribution in [3.63, 3.8) is 0 Å². The molecule has 1 saturated heterocycles. The molecule has 3 aromatic rings. The van der Waals surface area contributed by atoms with E-state index in [1.165, 1.54) is 28.5 Å². The number of nitrogens with zero attached hydrogens (tertiary/aromatic N) is 2. The van der Waals surface area contributed by atoms with Crippen LogP contribution in [-0.2, 0) is 17.6 Å². The van der Waals surface area contributed by atoms with Crippen molar-refractivity contribution in [1.29, 1.82) is 0 Å². The number of anilines is 1. The fourth-order valence-electron chi connectivity index (χ4n) is 3.23. The van der Waals surface area contributed by atoms with Crippen LogP contribution in [0.15, 0.2) is 69.9 Å². The fourth-order valence-corrected chi connectivity index (χ4v) is 5.14. The van der Waals surface area contributed by atoms with Gasteiger partial charge >= 0.3 is 0 Å². The van der Waals surface area contributed by atoms with Crippen LogP contribution in [0.2, 0.25) is 0 Å². The number of hydrogen-bond donors (Lipinski definition) is 0. The smallest absolute Gasteiger partial charge is 0.268 e. The first-order chi connectivity index (χ1) is 14.6. The van der Waals surface area contributed by atoms with E-state index in [4.69, 9.17) is 4.99 Å². The number of benzene rings is 2. The third kappa shape index (κ3) is 4.27. The predicted octanol–water partition coefficient (Wildman–Crippen LogP) is 6.99. The third-order valence-corrected chi connectivity index (χ3v) is 7.08. The highest BCUT2D eigenvalue weighted by Gasteiger charge is 2.35. The van der Waals surface area contributed by atoms with E-state index in [2.05, 4.69) is 56.5 Å². The molecule has 2 aromatic carbocycles. The van der Waals surface area contributed by atoms with Gasteiger partial charge in [-0.25, -0.2) is 4.99 Å². The molecule has 0 N–H and O–H groups in total. The van der Waals surface area contributed by atoms with Crippen LogP contribution in [-0.4, -0.2) is 11.1 Å². The van der Waals surface area contributed by atoms with E-state index in [0.29, 0.717) is 10.1 Å². The number of thiophene rings is 1. The molecule has 0 spiro atoms. The van der Waals surface area contributed by atoms with E-state index in [1.54, 1.807) is 16.2 Å². The normalized spacial score (nSPS) is 16.8. The zero-order valence-electron chi connectivity index (χ0n) is 17.4. The summed E-state index contributed by atoms with van der Waals surface area (Å²) in [5, 5.41) is 2.74. The first kappa shape index (κ1) is 20.6. The Balaban J connectivity index is 1.75. The minimum absolute atomic E-state index is 0.0269. The summed E-state index contributed by atoms with van der Waals surface area (Å²) in [6.45, 7) is 6.33. The average molecular weight is 433 g/mol. The van der Waals surface area contributed by atoms with E-state index >= 15 is 0 Å². The van der Waals surface area contributed by atoms with Crippen molar-refractivity contribution in [3.05, 3.63) is 86.5 Å². The molecule has 1 aliphatic heterocycles. The molecule has 1 amide bonds. The van der Waals surface area contributed by atoms with Gasteiger partial charge in [0, 0.05) is 4.88 Å². The van der Waals surface area contributed by atoms with Gasteiger partial charge in [-0.3, -0.25) is 9.69 Å². The molecular formula is C25H24N2OS2. The van der Waals surface area contributed by atoms with Crippen molar-refractivity contribution in [2.24, 2.45) is 4.99 Å². The molecule has 2 heterocycles. The van der Waals surface area contributed by atoms with Gasteiger partial charge < -0.3 is 0 Å². The minimum Gasteiger partial charge on any atom is -0.268 e. The number of aryl methyl sites for hydroxylation is 3. The fraction of sp³-hybridized carbons (Fsp3) is 0.200. The monoisotopic (exact) mass is 432 g/mol. The maximum atomic E-state index is 13.4. The SMILES string of the molecule is CCc1ccc(N=C2SC(=Cc3sccc3C)C(=O)N2c2ccc(CC)cc2)cc1. The van der Waals surface area contributed by atoms with Crippen molar-refractivity contribution in [2.75, 3.05) is 4.90 Å². The Bertz CT molecular complexity index is 1110. The van der Waals surface area contributed by atoms with Crippen LogP contribution in [0.1, 0.15) is 35.4 Å². The second-order valence-corrected chi connectivity index (χ2v) is 9.11. The lowest BCUT2D eigenvalue weighted by molar-refractivity contribution is -0.113. The zero-order valence-corrected chi connectivity index (χ0v) is 19.0. The summed E-state index contributed by atoms with van der Waals surface area (Å²) in [4.78, 5) is 21.7. The maximum Gasteiger partial charge on any atom is 0.271 e. The molecule has 4 rings (SSSR count). The molecule has 0 unspecified atom stereocenters. The molecule has 1 aliphatic rings. The Morgan fingerprint density at radius 1 is 0.933 bits per heavy atom. The van der Waals surface area contributed by atoms with Gasteiger partial charge in [-0.1, -0.05) is 38.1 Å². The molecule has 1 aromatic heterocycles. The quantitative estimate of drug-likeness (QED) is 0.407. The lowest BCUT2D eigenvalue weighted by atomic mass is 10.1. The van der Waals surface area contributed by atoms with Crippen molar-refractivity contribution in [2.45, 2.75) is 33.6 Å². The van der Waals surface area contributed by atoms with Gasteiger partial charge in [-0.15, -0.1) is 11.3 Å². The molecule has 5 heteroatoms. The topological polar surface area (TPSA) is 32.7 Å². The van der Waals surface area contributed by atoms with Crippen LogP contribution in [0, 0.1) is 6.92 Å². The number of amides is 1. The Kier molecular flexibility index (Phi) is 6.21. The summed E-state index contributed by atoms with van der Waals surface area (Å²) in [7, 11) is 0. The third-order valence-electron chi connectivity index (χ3n) is 5.14. The van der Waals surface area contributed by atoms with E-state index in [9.17, 15) is 4.79 Å². The molecule has 152 valence electrons. The molecule has 3 nitrogen and oxygen atoms in total. The Morgan fingerprint density at radius 2 is 1.57 bits per heavy atom. The van der Waals surface area contributed by atoms with Gasteiger partial charge in [0.1, 0.15) is 0 Å². The van der Waals surface area contributed by atoms with E-state index in [1.807, 2.05) is 30.3 Å². The van der Waals surface area contributed by atoms with Gasteiger partial charge in [0.05, 0.1) is 16.3 Å². The van der Waals surface area contributed by atoms with Crippen molar-refractivity contribution in [1.82, 2.24) is 0 Å². The van der Waals surface area contributed by atoms with Crippen LogP contribution < -0.4 is 4.90 Å². The lowest BCUT2D eigenvalue weighted by Gasteiger charge is -2.16. The van der Waals surface area contributed by atoms with E-state index < -0.39 is 0 Å². The first-order valence-electron chi connectivity index (χ1n) is 10.1. The van der Waals surface area contributed by atoms with Crippen molar-refractivity contribution < 1.29 is 4.79 Å². The van der Waals surface area contributed by atoms with Crippen LogP contribution in [0.4, 0.5) is 11.4 Å². The second-order valence-electron chi connectivity index (χ2n) is 7.15. The van der Waals surface area contributed by atoms with Crippen LogP contribution in [0.5, 0.6) is 0 Å². The molecular weight excluding hydrogens is 408 g/mol. The number of carbonyl (C=O) groups excluding carboxylic acids is 1. The number of hydrogen-bond acceptors (Lipinski definition) is 4. The Hall–Kier alpha value is -2.63. The first-order valence-corrected chi connectivity index (χ1v) is 11.8. The number of amidine groups is 1. The molecule has 0 aliphatic carbocycles. The number of rotatable bonds is 5. The van der Waals surface area contributed by atoms with Crippen LogP contribution in [0.3, 0.4) is 0 Å². The minimum atomic E-state index is -0.0269. The molecule has 0 bridgehead atoms. The molecule has 0 atom stereocenters. The summed E-state index contributed by atoms with van der Waals surface area (Å²) in [5.74, 6) is -0.0269. The number of aliphatic imine (C=N–C) groups is 1. The molecule has 1 fully saturated rings. The molecule has 0 saturated carbocycles. The molecule has 0 radical (unpaired) electrons. The highest BCUT2D eigenvalue weighted by atomic mass is 32.2. The van der Waals surface area contributed by atoms with Gasteiger partial charge in [0.25, 0.3) is 5.91 Å². The molecule has 30 heavy (non-hydrogen) atoms. The summed E-state index contributed by atoms with van der Waals surface area (Å²) < 4.78 is 0. The zero-order chi connectivity index (χ0) is 21.1. The Labute approximate surface area is 186 Å². The van der Waals surface area contributed by atoms with Crippen LogP contribution >= 0.6 is 23.1 Å². The lowest BCUT2D eigenvalue weighted by Crippen LogP contribution is -2.28. The van der Waals surface area contributed by atoms with Gasteiger partial charge in [0.15, 0.2) is 5.17 Å². The van der Waals surface area contributed by atoms with Crippen molar-refractivity contribution >= 4 is 51.6 Å². The highest BCUT2D eigenvalue weighted by molar-refractivity contribution is 8.19. The van der Waals surface area contributed by atoms with Gasteiger partial charge in [0.2, 0.25) is 0 Å². The summed E-state index contributed by atoms with van der Waals surface area (Å²) in [6.07, 6.45) is 3.95. The predicted molar refractivity (Wildman–Crippen MR) is 131 cm³/mol. The van der Waals surface area contributed by atoms with E-state index in [-0.39, 0.29) is 5.91 Å². The summed E-state index contributed by atoms with van der Waals surface area (Å²) >= 11 is 3.09. The number of thioether (sulfide) groups is 1. The summed E-state index contributed by atoms with van der Waals surface area (Å²) in [5.41, 5.74) is 5.40. The number of carbonyl (C=O) groups is 1. The maximum absolute atomic E-state index is 13.4. The Morgan fingerprint density at radius 3 is 2.13 bits per heavy atom. The highest BCUT2D eigenvalue weighted by Crippen LogP contribution is 2.38. The second kappa shape index (κ2) is 9.02. The van der Waals surface area contributed by atoms with Gasteiger partial charge in [-0.2, -0.15) is 0 Å².